The van der Waals surface area contributed by atoms with Gasteiger partial charge in [0.2, 0.25) is 15.9 Å². The number of nitrogens with two attached hydrogens (primary N) is 1. The van der Waals surface area contributed by atoms with E-state index >= 15 is 0 Å². The number of non-ortho nitro benzene ring substituents is 1. The minimum absolute atomic E-state index is 0.0206. The van der Waals surface area contributed by atoms with Gasteiger partial charge in [-0.25, -0.2) is 13.1 Å². The number of nitro groups is 1. The molecular weight excluding hydrogens is 336 g/mol. The summed E-state index contributed by atoms with van der Waals surface area (Å²) >= 11 is 0. The fraction of sp³-hybridized carbons (Fsp3) is 0.500. The van der Waals surface area contributed by atoms with E-state index in [0.717, 1.165) is 30.7 Å². The highest BCUT2D eigenvalue weighted by Crippen LogP contribution is 2.15. The van der Waals surface area contributed by atoms with E-state index in [1.165, 1.54) is 0 Å². The van der Waals surface area contributed by atoms with Gasteiger partial charge in [0.05, 0.1) is 15.4 Å². The molecule has 0 heterocycles. The SMILES string of the molecule is CCCC(C)(N)C(=O)NCCNS(=O)(=O)c1ccc([N+](=O)[O-])cc1. The van der Waals surface area contributed by atoms with Crippen LogP contribution in [0, 0.1) is 10.1 Å². The Kier molecular flexibility index (Phi) is 6.81. The van der Waals surface area contributed by atoms with Gasteiger partial charge in [-0.15, -0.1) is 0 Å². The summed E-state index contributed by atoms with van der Waals surface area (Å²) in [4.78, 5) is 21.7. The molecule has 1 unspecified atom stereocenters. The first-order valence-corrected chi connectivity index (χ1v) is 8.90. The third-order valence-corrected chi connectivity index (χ3v) is 4.83. The summed E-state index contributed by atoms with van der Waals surface area (Å²) in [5.74, 6) is -0.348. The minimum atomic E-state index is -3.80. The largest absolute Gasteiger partial charge is 0.353 e. The molecule has 1 rings (SSSR count). The normalized spacial score (nSPS) is 14.0. The van der Waals surface area contributed by atoms with Gasteiger partial charge in [0.1, 0.15) is 0 Å². The van der Waals surface area contributed by atoms with Crippen LogP contribution in [0.1, 0.15) is 26.7 Å². The van der Waals surface area contributed by atoms with Gasteiger partial charge in [-0.1, -0.05) is 13.3 Å². The fourth-order valence-electron chi connectivity index (χ4n) is 2.03. The Balaban J connectivity index is 2.54. The molecule has 24 heavy (non-hydrogen) atoms. The van der Waals surface area contributed by atoms with Gasteiger partial charge >= 0.3 is 0 Å². The van der Waals surface area contributed by atoms with Crippen molar-refractivity contribution in [3.63, 3.8) is 0 Å². The van der Waals surface area contributed by atoms with Crippen molar-refractivity contribution in [2.75, 3.05) is 13.1 Å². The van der Waals surface area contributed by atoms with E-state index in [1.54, 1.807) is 6.92 Å². The molecule has 0 radical (unpaired) electrons. The Morgan fingerprint density at radius 1 is 1.29 bits per heavy atom. The minimum Gasteiger partial charge on any atom is -0.353 e. The average molecular weight is 358 g/mol. The van der Waals surface area contributed by atoms with E-state index in [2.05, 4.69) is 10.0 Å². The smallest absolute Gasteiger partial charge is 0.269 e. The van der Waals surface area contributed by atoms with Crippen molar-refractivity contribution in [1.29, 1.82) is 0 Å². The molecule has 0 aromatic heterocycles. The lowest BCUT2D eigenvalue weighted by Crippen LogP contribution is -2.52. The molecule has 0 fully saturated rings. The van der Waals surface area contributed by atoms with Crippen molar-refractivity contribution in [1.82, 2.24) is 10.0 Å². The molecule has 0 saturated carbocycles. The lowest BCUT2D eigenvalue weighted by Gasteiger charge is -2.22. The number of nitrogens with zero attached hydrogens (tertiary/aromatic N) is 1. The van der Waals surface area contributed by atoms with Crippen LogP contribution in [0.25, 0.3) is 0 Å². The van der Waals surface area contributed by atoms with Crippen molar-refractivity contribution in [3.05, 3.63) is 34.4 Å². The molecular formula is C14H22N4O5S. The lowest BCUT2D eigenvalue weighted by molar-refractivity contribution is -0.384. The zero-order chi connectivity index (χ0) is 18.4. The molecule has 1 atom stereocenters. The summed E-state index contributed by atoms with van der Waals surface area (Å²) in [5, 5.41) is 13.1. The number of rotatable bonds is 9. The summed E-state index contributed by atoms with van der Waals surface area (Å²) < 4.78 is 26.4. The summed E-state index contributed by atoms with van der Waals surface area (Å²) in [6.07, 6.45) is 1.28. The van der Waals surface area contributed by atoms with Gasteiger partial charge in [0.25, 0.3) is 5.69 Å². The first-order chi connectivity index (χ1) is 11.1. The Morgan fingerprint density at radius 3 is 2.38 bits per heavy atom. The van der Waals surface area contributed by atoms with Crippen LogP contribution in [-0.4, -0.2) is 37.9 Å². The first kappa shape index (κ1) is 20.0. The number of benzene rings is 1. The van der Waals surface area contributed by atoms with Crippen LogP contribution in [-0.2, 0) is 14.8 Å². The molecule has 4 N–H and O–H groups in total. The molecule has 0 spiro atoms. The number of sulfonamides is 1. The first-order valence-electron chi connectivity index (χ1n) is 7.41. The number of hydrogen-bond donors (Lipinski definition) is 3. The number of carbonyl (C=O) groups is 1. The van der Waals surface area contributed by atoms with Crippen LogP contribution in [0.5, 0.6) is 0 Å². The predicted molar refractivity (Wildman–Crippen MR) is 88.8 cm³/mol. The molecule has 0 aliphatic heterocycles. The number of hydrogen-bond acceptors (Lipinski definition) is 6. The van der Waals surface area contributed by atoms with Gasteiger partial charge in [-0.2, -0.15) is 0 Å². The molecule has 0 aliphatic carbocycles. The second kappa shape index (κ2) is 8.18. The lowest BCUT2D eigenvalue weighted by atomic mass is 9.97. The zero-order valence-electron chi connectivity index (χ0n) is 13.6. The molecule has 134 valence electrons. The maximum Gasteiger partial charge on any atom is 0.269 e. The number of nitrogens with one attached hydrogen (secondary N) is 2. The summed E-state index contributed by atoms with van der Waals surface area (Å²) in [6.45, 7) is 3.60. The van der Waals surface area contributed by atoms with Crippen molar-refractivity contribution in [2.45, 2.75) is 37.1 Å². The quantitative estimate of drug-likeness (QED) is 0.333. The second-order valence-electron chi connectivity index (χ2n) is 5.57. The fourth-order valence-corrected chi connectivity index (χ4v) is 3.06. The van der Waals surface area contributed by atoms with Crippen LogP contribution < -0.4 is 15.8 Å². The van der Waals surface area contributed by atoms with Gasteiger partial charge < -0.3 is 11.1 Å². The van der Waals surface area contributed by atoms with Gasteiger partial charge in [-0.3, -0.25) is 14.9 Å². The molecule has 0 aliphatic rings. The van der Waals surface area contributed by atoms with E-state index in [4.69, 9.17) is 5.73 Å². The van der Waals surface area contributed by atoms with Gasteiger partial charge in [0, 0.05) is 25.2 Å². The summed E-state index contributed by atoms with van der Waals surface area (Å²) in [6, 6.07) is 4.52. The van der Waals surface area contributed by atoms with Crippen LogP contribution in [0.4, 0.5) is 5.69 Å². The third-order valence-electron chi connectivity index (χ3n) is 3.35. The van der Waals surface area contributed by atoms with Gasteiger partial charge in [0.15, 0.2) is 0 Å². The third kappa shape index (κ3) is 5.55. The Labute approximate surface area is 140 Å². The topological polar surface area (TPSA) is 144 Å². The van der Waals surface area contributed by atoms with E-state index in [1.807, 2.05) is 6.92 Å². The molecule has 0 saturated heterocycles. The number of nitro benzene ring substituents is 1. The van der Waals surface area contributed by atoms with Crippen molar-refractivity contribution in [3.8, 4) is 0 Å². The van der Waals surface area contributed by atoms with Crippen LogP contribution in [0.3, 0.4) is 0 Å². The van der Waals surface area contributed by atoms with Gasteiger partial charge in [-0.05, 0) is 25.5 Å². The molecule has 1 aromatic rings. The number of amides is 1. The van der Waals surface area contributed by atoms with Crippen molar-refractivity contribution < 1.29 is 18.1 Å². The highest BCUT2D eigenvalue weighted by molar-refractivity contribution is 7.89. The molecule has 0 bridgehead atoms. The zero-order valence-corrected chi connectivity index (χ0v) is 14.4. The Morgan fingerprint density at radius 2 is 1.88 bits per heavy atom. The van der Waals surface area contributed by atoms with Crippen molar-refractivity contribution in [2.24, 2.45) is 5.73 Å². The second-order valence-corrected chi connectivity index (χ2v) is 7.34. The van der Waals surface area contributed by atoms with E-state index in [-0.39, 0.29) is 29.6 Å². The monoisotopic (exact) mass is 358 g/mol. The van der Waals surface area contributed by atoms with Crippen LogP contribution in [0.2, 0.25) is 0 Å². The molecule has 9 nitrogen and oxygen atoms in total. The van der Waals surface area contributed by atoms with Crippen molar-refractivity contribution >= 4 is 21.6 Å². The predicted octanol–water partition coefficient (Wildman–Crippen LogP) is 0.507. The summed E-state index contributed by atoms with van der Waals surface area (Å²) in [7, 11) is -3.80. The maximum atomic E-state index is 12.0. The Hall–Kier alpha value is -2.04. The van der Waals surface area contributed by atoms with E-state index < -0.39 is 20.5 Å². The highest BCUT2D eigenvalue weighted by Gasteiger charge is 2.26. The molecule has 1 aromatic carbocycles. The van der Waals surface area contributed by atoms with E-state index in [9.17, 15) is 23.3 Å². The Bertz CT molecular complexity index is 686. The molecule has 10 heteroatoms. The van der Waals surface area contributed by atoms with Crippen LogP contribution in [0.15, 0.2) is 29.2 Å². The van der Waals surface area contributed by atoms with E-state index in [0.29, 0.717) is 6.42 Å². The number of carbonyl (C=O) groups excluding carboxylic acids is 1. The average Bonchev–Trinajstić information content (AvgIpc) is 2.51. The standard InChI is InChI=1S/C14H22N4O5S/c1-3-8-14(2,15)13(19)16-9-10-17-24(22,23)12-6-4-11(5-7-12)18(20)21/h4-7,17H,3,8-10,15H2,1-2H3,(H,16,19). The summed E-state index contributed by atoms with van der Waals surface area (Å²) in [5.41, 5.74) is 4.67. The maximum absolute atomic E-state index is 12.0. The highest BCUT2D eigenvalue weighted by atomic mass is 32.2. The van der Waals surface area contributed by atoms with Crippen LogP contribution >= 0.6 is 0 Å². The molecule has 1 amide bonds.